The standard InChI is InChI=1S/C23H26ClF3N2O2/c1-14-18(16-6-8-17(24)9-7-16)19(21(30)28-10-11-31-22(2,3)13-28)29(12-15-4-5-15)20(14)23(25,26)27/h6-9,15H,4-5,10-13H2,1-3H3. The van der Waals surface area contributed by atoms with Crippen molar-refractivity contribution >= 4 is 17.5 Å². The van der Waals surface area contributed by atoms with Crippen molar-refractivity contribution in [2.24, 2.45) is 5.92 Å². The normalized spacial score (nSPS) is 19.0. The van der Waals surface area contributed by atoms with E-state index in [9.17, 15) is 18.0 Å². The van der Waals surface area contributed by atoms with Crippen LogP contribution in [0.1, 0.15) is 48.4 Å². The molecule has 4 rings (SSSR count). The van der Waals surface area contributed by atoms with Gasteiger partial charge in [0.25, 0.3) is 5.91 Å². The average molecular weight is 455 g/mol. The first kappa shape index (κ1) is 22.2. The van der Waals surface area contributed by atoms with E-state index in [1.807, 2.05) is 13.8 Å². The molecule has 1 aromatic carbocycles. The first-order valence-corrected chi connectivity index (χ1v) is 10.8. The van der Waals surface area contributed by atoms with Crippen molar-refractivity contribution in [1.82, 2.24) is 9.47 Å². The first-order valence-electron chi connectivity index (χ1n) is 10.5. The second-order valence-electron chi connectivity index (χ2n) is 9.09. The molecule has 0 unspecified atom stereocenters. The van der Waals surface area contributed by atoms with Crippen LogP contribution < -0.4 is 0 Å². The average Bonchev–Trinajstić information content (AvgIpc) is 3.43. The van der Waals surface area contributed by atoms with Gasteiger partial charge in [0, 0.05) is 30.2 Å². The largest absolute Gasteiger partial charge is 0.431 e. The maximum atomic E-state index is 14.2. The molecule has 0 N–H and O–H groups in total. The lowest BCUT2D eigenvalue weighted by Crippen LogP contribution is -2.51. The van der Waals surface area contributed by atoms with Crippen molar-refractivity contribution in [1.29, 1.82) is 0 Å². The van der Waals surface area contributed by atoms with E-state index in [4.69, 9.17) is 16.3 Å². The Hall–Kier alpha value is -1.99. The summed E-state index contributed by atoms with van der Waals surface area (Å²) >= 11 is 6.01. The van der Waals surface area contributed by atoms with Crippen molar-refractivity contribution < 1.29 is 22.7 Å². The van der Waals surface area contributed by atoms with Crippen LogP contribution in [0.2, 0.25) is 5.02 Å². The van der Waals surface area contributed by atoms with Gasteiger partial charge < -0.3 is 14.2 Å². The minimum Gasteiger partial charge on any atom is -0.372 e. The quantitative estimate of drug-likeness (QED) is 0.585. The number of amides is 1. The van der Waals surface area contributed by atoms with E-state index in [1.54, 1.807) is 29.2 Å². The number of carbonyl (C=O) groups is 1. The Kier molecular flexibility index (Phi) is 5.63. The molecule has 4 nitrogen and oxygen atoms in total. The van der Waals surface area contributed by atoms with E-state index in [0.29, 0.717) is 35.8 Å². The topological polar surface area (TPSA) is 34.5 Å². The molecule has 2 aliphatic rings. The number of alkyl halides is 3. The Morgan fingerprint density at radius 3 is 2.42 bits per heavy atom. The summed E-state index contributed by atoms with van der Waals surface area (Å²) in [4.78, 5) is 15.3. The molecule has 1 amide bonds. The summed E-state index contributed by atoms with van der Waals surface area (Å²) in [5.41, 5.74) is -0.218. The fourth-order valence-electron chi connectivity index (χ4n) is 4.38. The molecule has 1 saturated heterocycles. The molecular weight excluding hydrogens is 429 g/mol. The van der Waals surface area contributed by atoms with Crippen molar-refractivity contribution in [2.75, 3.05) is 19.7 Å². The molecule has 1 aromatic heterocycles. The van der Waals surface area contributed by atoms with Gasteiger partial charge in [0.2, 0.25) is 0 Å². The minimum absolute atomic E-state index is 0.0753. The van der Waals surface area contributed by atoms with Gasteiger partial charge >= 0.3 is 6.18 Å². The highest BCUT2D eigenvalue weighted by Crippen LogP contribution is 2.44. The molecule has 1 aliphatic carbocycles. The zero-order valence-electron chi connectivity index (χ0n) is 17.9. The summed E-state index contributed by atoms with van der Waals surface area (Å²) in [6.45, 7) is 6.42. The molecule has 8 heteroatoms. The number of hydrogen-bond acceptors (Lipinski definition) is 2. The molecule has 2 heterocycles. The van der Waals surface area contributed by atoms with Crippen LogP contribution in [0.3, 0.4) is 0 Å². The second kappa shape index (κ2) is 7.85. The lowest BCUT2D eigenvalue weighted by molar-refractivity contribution is -0.144. The van der Waals surface area contributed by atoms with Gasteiger partial charge in [-0.3, -0.25) is 4.79 Å². The Bertz CT molecular complexity index is 992. The number of ether oxygens (including phenoxy) is 1. The maximum absolute atomic E-state index is 14.2. The minimum atomic E-state index is -4.57. The van der Waals surface area contributed by atoms with Crippen molar-refractivity contribution in [3.8, 4) is 11.1 Å². The smallest absolute Gasteiger partial charge is 0.372 e. The summed E-state index contributed by atoms with van der Waals surface area (Å²) in [6, 6.07) is 6.61. The Balaban J connectivity index is 1.91. The maximum Gasteiger partial charge on any atom is 0.431 e. The molecule has 168 valence electrons. The number of carbonyl (C=O) groups excluding carboxylic acids is 1. The van der Waals surface area contributed by atoms with Gasteiger partial charge in [0.05, 0.1) is 12.2 Å². The zero-order chi connectivity index (χ0) is 22.6. The molecule has 0 spiro atoms. The number of rotatable bonds is 4. The predicted molar refractivity (Wildman–Crippen MR) is 113 cm³/mol. The van der Waals surface area contributed by atoms with Crippen LogP contribution in [0.4, 0.5) is 13.2 Å². The van der Waals surface area contributed by atoms with Crippen molar-refractivity contribution in [2.45, 2.75) is 51.9 Å². The fourth-order valence-corrected chi connectivity index (χ4v) is 4.51. The van der Waals surface area contributed by atoms with Crippen LogP contribution >= 0.6 is 11.6 Å². The van der Waals surface area contributed by atoms with Crippen molar-refractivity contribution in [3.63, 3.8) is 0 Å². The molecule has 0 radical (unpaired) electrons. The van der Waals surface area contributed by atoms with Crippen LogP contribution in [0.25, 0.3) is 11.1 Å². The fraction of sp³-hybridized carbons (Fsp3) is 0.522. The molecule has 0 atom stereocenters. The third kappa shape index (κ3) is 4.48. The van der Waals surface area contributed by atoms with E-state index in [1.165, 1.54) is 11.5 Å². The number of benzene rings is 1. The third-order valence-corrected chi connectivity index (χ3v) is 6.21. The van der Waals surface area contributed by atoms with Crippen LogP contribution in [0.5, 0.6) is 0 Å². The van der Waals surface area contributed by atoms with E-state index >= 15 is 0 Å². The van der Waals surface area contributed by atoms with Crippen molar-refractivity contribution in [3.05, 3.63) is 46.2 Å². The summed E-state index contributed by atoms with van der Waals surface area (Å²) < 4.78 is 49.5. The lowest BCUT2D eigenvalue weighted by Gasteiger charge is -2.38. The SMILES string of the molecule is Cc1c(-c2ccc(Cl)cc2)c(C(=O)N2CCOC(C)(C)C2)n(CC2CC2)c1C(F)(F)F. The molecular formula is C23H26ClF3N2O2. The highest BCUT2D eigenvalue weighted by atomic mass is 35.5. The molecule has 31 heavy (non-hydrogen) atoms. The van der Waals surface area contributed by atoms with Gasteiger partial charge in [-0.05, 0) is 62.8 Å². The zero-order valence-corrected chi connectivity index (χ0v) is 18.6. The van der Waals surface area contributed by atoms with Gasteiger partial charge in [-0.25, -0.2) is 0 Å². The number of halogens is 4. The summed E-state index contributed by atoms with van der Waals surface area (Å²) in [6.07, 6.45) is -2.81. The third-order valence-electron chi connectivity index (χ3n) is 5.96. The number of aromatic nitrogens is 1. The molecule has 2 fully saturated rings. The van der Waals surface area contributed by atoms with Crippen LogP contribution in [0.15, 0.2) is 24.3 Å². The van der Waals surface area contributed by atoms with Gasteiger partial charge in [-0.1, -0.05) is 23.7 Å². The second-order valence-corrected chi connectivity index (χ2v) is 9.53. The van der Waals surface area contributed by atoms with E-state index < -0.39 is 17.5 Å². The van der Waals surface area contributed by atoms with Gasteiger partial charge in [0.1, 0.15) is 11.4 Å². The van der Waals surface area contributed by atoms with E-state index in [2.05, 4.69) is 0 Å². The summed E-state index contributed by atoms with van der Waals surface area (Å²) in [5.74, 6) is -0.223. The predicted octanol–water partition coefficient (Wildman–Crippen LogP) is 5.80. The van der Waals surface area contributed by atoms with Crippen LogP contribution in [0, 0.1) is 12.8 Å². The van der Waals surface area contributed by atoms with E-state index in [-0.39, 0.29) is 29.6 Å². The number of hydrogen-bond donors (Lipinski definition) is 0. The molecule has 2 aromatic rings. The highest BCUT2D eigenvalue weighted by Gasteiger charge is 2.43. The summed E-state index contributed by atoms with van der Waals surface area (Å²) in [5, 5.41) is 0.484. The van der Waals surface area contributed by atoms with E-state index in [0.717, 1.165) is 12.8 Å². The summed E-state index contributed by atoms with van der Waals surface area (Å²) in [7, 11) is 0. The van der Waals surface area contributed by atoms with Crippen LogP contribution in [-0.2, 0) is 17.5 Å². The van der Waals surface area contributed by atoms with Crippen LogP contribution in [-0.4, -0.2) is 40.7 Å². The molecule has 0 bridgehead atoms. The Morgan fingerprint density at radius 2 is 1.87 bits per heavy atom. The number of nitrogens with zero attached hydrogens (tertiary/aromatic N) is 2. The van der Waals surface area contributed by atoms with Gasteiger partial charge in [-0.2, -0.15) is 13.2 Å². The highest BCUT2D eigenvalue weighted by molar-refractivity contribution is 6.30. The van der Waals surface area contributed by atoms with Gasteiger partial charge in [0.15, 0.2) is 0 Å². The Labute approximate surface area is 184 Å². The first-order chi connectivity index (χ1) is 14.5. The number of morpholine rings is 1. The van der Waals surface area contributed by atoms with Gasteiger partial charge in [-0.15, -0.1) is 0 Å². The molecule has 1 saturated carbocycles. The lowest BCUT2D eigenvalue weighted by atomic mass is 9.99. The molecule has 1 aliphatic heterocycles. The Morgan fingerprint density at radius 1 is 1.23 bits per heavy atom. The monoisotopic (exact) mass is 454 g/mol.